The van der Waals surface area contributed by atoms with Gasteiger partial charge in [-0.15, -0.1) is 0 Å². The lowest BCUT2D eigenvalue weighted by Gasteiger charge is -2.22. The SMILES string of the molecule is CC(C)(N=[N+]=[N-])c1cc(C(=O)N2Cc3ccccc3C2)ccc1O. The van der Waals surface area contributed by atoms with Crippen LogP contribution in [0.15, 0.2) is 47.6 Å². The maximum absolute atomic E-state index is 12.8. The fourth-order valence-corrected chi connectivity index (χ4v) is 2.98. The molecule has 0 atom stereocenters. The highest BCUT2D eigenvalue weighted by Crippen LogP contribution is 2.34. The van der Waals surface area contributed by atoms with Crippen molar-refractivity contribution in [2.75, 3.05) is 0 Å². The zero-order chi connectivity index (χ0) is 17.3. The van der Waals surface area contributed by atoms with Crippen molar-refractivity contribution in [3.05, 3.63) is 75.2 Å². The third-order valence-corrected chi connectivity index (χ3v) is 4.33. The Morgan fingerprint density at radius 2 is 1.83 bits per heavy atom. The van der Waals surface area contributed by atoms with Crippen LogP contribution in [0, 0.1) is 0 Å². The predicted octanol–water partition coefficient (Wildman–Crippen LogP) is 4.09. The number of aromatic hydroxyl groups is 1. The molecule has 1 aliphatic rings. The van der Waals surface area contributed by atoms with Crippen LogP contribution >= 0.6 is 0 Å². The number of azide groups is 1. The molecule has 2 aromatic carbocycles. The van der Waals surface area contributed by atoms with Crippen molar-refractivity contribution in [1.82, 2.24) is 4.90 Å². The monoisotopic (exact) mass is 322 g/mol. The van der Waals surface area contributed by atoms with Gasteiger partial charge in [0.05, 0.1) is 5.54 Å². The van der Waals surface area contributed by atoms with Crippen molar-refractivity contribution in [3.63, 3.8) is 0 Å². The van der Waals surface area contributed by atoms with Crippen LogP contribution in [-0.2, 0) is 18.6 Å². The molecule has 0 radical (unpaired) electrons. The van der Waals surface area contributed by atoms with E-state index >= 15 is 0 Å². The van der Waals surface area contributed by atoms with Crippen LogP contribution in [0.3, 0.4) is 0 Å². The van der Waals surface area contributed by atoms with Gasteiger partial charge in [-0.25, -0.2) is 0 Å². The fourth-order valence-electron chi connectivity index (χ4n) is 2.98. The summed E-state index contributed by atoms with van der Waals surface area (Å²) < 4.78 is 0. The van der Waals surface area contributed by atoms with E-state index in [2.05, 4.69) is 10.0 Å². The Morgan fingerprint density at radius 1 is 1.21 bits per heavy atom. The van der Waals surface area contributed by atoms with Gasteiger partial charge in [-0.3, -0.25) is 4.79 Å². The van der Waals surface area contributed by atoms with Gasteiger partial charge in [-0.1, -0.05) is 29.4 Å². The predicted molar refractivity (Wildman–Crippen MR) is 90.3 cm³/mol. The minimum absolute atomic E-state index is 0.00802. The largest absolute Gasteiger partial charge is 0.508 e. The molecule has 0 saturated heterocycles. The maximum Gasteiger partial charge on any atom is 0.254 e. The van der Waals surface area contributed by atoms with Crippen LogP contribution in [0.25, 0.3) is 10.4 Å². The minimum atomic E-state index is -0.941. The molecule has 6 nitrogen and oxygen atoms in total. The summed E-state index contributed by atoms with van der Waals surface area (Å²) in [5.41, 5.74) is 11.0. The van der Waals surface area contributed by atoms with Gasteiger partial charge in [0, 0.05) is 29.1 Å². The summed E-state index contributed by atoms with van der Waals surface area (Å²) in [5, 5.41) is 13.8. The molecule has 2 aromatic rings. The second kappa shape index (κ2) is 5.91. The zero-order valence-corrected chi connectivity index (χ0v) is 13.6. The Labute approximate surface area is 140 Å². The van der Waals surface area contributed by atoms with E-state index in [4.69, 9.17) is 5.53 Å². The van der Waals surface area contributed by atoms with E-state index in [1.807, 2.05) is 24.3 Å². The summed E-state index contributed by atoms with van der Waals surface area (Å²) >= 11 is 0. The van der Waals surface area contributed by atoms with Gasteiger partial charge in [-0.2, -0.15) is 0 Å². The molecule has 1 amide bonds. The number of fused-ring (bicyclic) bond motifs is 1. The first kappa shape index (κ1) is 15.9. The molecular weight excluding hydrogens is 304 g/mol. The average Bonchev–Trinajstić information content (AvgIpc) is 2.98. The summed E-state index contributed by atoms with van der Waals surface area (Å²) in [7, 11) is 0. The van der Waals surface area contributed by atoms with Crippen LogP contribution in [0.2, 0.25) is 0 Å². The fraction of sp³-hybridized carbons (Fsp3) is 0.278. The molecule has 0 spiro atoms. The van der Waals surface area contributed by atoms with Gasteiger partial charge in [0.1, 0.15) is 5.75 Å². The minimum Gasteiger partial charge on any atom is -0.508 e. The van der Waals surface area contributed by atoms with Crippen LogP contribution in [0.5, 0.6) is 5.75 Å². The smallest absolute Gasteiger partial charge is 0.254 e. The zero-order valence-electron chi connectivity index (χ0n) is 13.6. The van der Waals surface area contributed by atoms with E-state index in [-0.39, 0.29) is 11.7 Å². The van der Waals surface area contributed by atoms with E-state index < -0.39 is 5.54 Å². The molecule has 6 heteroatoms. The molecule has 24 heavy (non-hydrogen) atoms. The number of phenols is 1. The van der Waals surface area contributed by atoms with Crippen LogP contribution in [0.4, 0.5) is 0 Å². The highest BCUT2D eigenvalue weighted by molar-refractivity contribution is 5.95. The molecule has 1 N–H and O–H groups in total. The van der Waals surface area contributed by atoms with E-state index in [0.29, 0.717) is 24.2 Å². The number of rotatable bonds is 3. The molecule has 3 rings (SSSR count). The normalized spacial score (nSPS) is 13.3. The molecule has 1 aliphatic heterocycles. The van der Waals surface area contributed by atoms with Crippen LogP contribution in [0.1, 0.15) is 40.9 Å². The second-order valence-corrected chi connectivity index (χ2v) is 6.41. The Bertz CT molecular complexity index is 829. The third kappa shape index (κ3) is 2.79. The molecule has 0 aromatic heterocycles. The van der Waals surface area contributed by atoms with Crippen molar-refractivity contribution in [3.8, 4) is 5.75 Å². The lowest BCUT2D eigenvalue weighted by atomic mass is 9.92. The number of phenolic OH excluding ortho intramolecular Hbond substituents is 1. The van der Waals surface area contributed by atoms with Gasteiger partial charge in [0.25, 0.3) is 5.91 Å². The summed E-state index contributed by atoms with van der Waals surface area (Å²) in [6, 6.07) is 12.7. The molecule has 122 valence electrons. The third-order valence-electron chi connectivity index (χ3n) is 4.33. The molecular formula is C18H18N4O2. The lowest BCUT2D eigenvalue weighted by Crippen LogP contribution is -2.26. The number of carbonyl (C=O) groups is 1. The first-order chi connectivity index (χ1) is 11.4. The lowest BCUT2D eigenvalue weighted by molar-refractivity contribution is 0.0751. The molecule has 0 saturated carbocycles. The number of nitrogens with zero attached hydrogens (tertiary/aromatic N) is 4. The van der Waals surface area contributed by atoms with Crippen molar-refractivity contribution in [1.29, 1.82) is 0 Å². The number of carbonyl (C=O) groups excluding carboxylic acids is 1. The standard InChI is InChI=1S/C18H18N4O2/c1-18(2,20-21-19)15-9-12(7-8-16(15)23)17(24)22-10-13-5-3-4-6-14(13)11-22/h3-9,23H,10-11H2,1-2H3. The van der Waals surface area contributed by atoms with E-state index in [1.54, 1.807) is 30.9 Å². The number of hydrogen-bond donors (Lipinski definition) is 1. The molecule has 0 aliphatic carbocycles. The van der Waals surface area contributed by atoms with Gasteiger partial charge in [0.15, 0.2) is 0 Å². The quantitative estimate of drug-likeness (QED) is 0.524. The van der Waals surface area contributed by atoms with Gasteiger partial charge in [-0.05, 0) is 48.7 Å². The Kier molecular flexibility index (Phi) is 3.91. The number of benzene rings is 2. The molecule has 1 heterocycles. The first-order valence-electron chi connectivity index (χ1n) is 7.68. The highest BCUT2D eigenvalue weighted by atomic mass is 16.3. The highest BCUT2D eigenvalue weighted by Gasteiger charge is 2.27. The topological polar surface area (TPSA) is 89.3 Å². The van der Waals surface area contributed by atoms with E-state index in [1.165, 1.54) is 6.07 Å². The maximum atomic E-state index is 12.8. The van der Waals surface area contributed by atoms with Crippen molar-refractivity contribution >= 4 is 5.91 Å². The molecule has 0 fully saturated rings. The molecule has 0 bridgehead atoms. The number of hydrogen-bond acceptors (Lipinski definition) is 3. The van der Waals surface area contributed by atoms with Crippen molar-refractivity contribution in [2.45, 2.75) is 32.5 Å². The Balaban J connectivity index is 1.91. The van der Waals surface area contributed by atoms with E-state index in [0.717, 1.165) is 11.1 Å². The van der Waals surface area contributed by atoms with E-state index in [9.17, 15) is 9.90 Å². The molecule has 0 unspecified atom stereocenters. The summed E-state index contributed by atoms with van der Waals surface area (Å²) in [6.45, 7) is 4.54. The Morgan fingerprint density at radius 3 is 2.42 bits per heavy atom. The summed E-state index contributed by atoms with van der Waals surface area (Å²) in [4.78, 5) is 17.4. The second-order valence-electron chi connectivity index (χ2n) is 6.41. The van der Waals surface area contributed by atoms with Gasteiger partial charge >= 0.3 is 0 Å². The van der Waals surface area contributed by atoms with Gasteiger partial charge in [0.2, 0.25) is 0 Å². The average molecular weight is 322 g/mol. The number of amides is 1. The summed E-state index contributed by atoms with van der Waals surface area (Å²) in [5.74, 6) is -0.0992. The van der Waals surface area contributed by atoms with Crippen molar-refractivity contribution < 1.29 is 9.90 Å². The van der Waals surface area contributed by atoms with Crippen molar-refractivity contribution in [2.24, 2.45) is 5.11 Å². The van der Waals surface area contributed by atoms with Crippen LogP contribution < -0.4 is 0 Å². The summed E-state index contributed by atoms with van der Waals surface area (Å²) in [6.07, 6.45) is 0. The Hall–Kier alpha value is -2.98. The first-order valence-corrected chi connectivity index (χ1v) is 7.68. The van der Waals surface area contributed by atoms with Gasteiger partial charge < -0.3 is 10.0 Å². The van der Waals surface area contributed by atoms with Crippen LogP contribution in [-0.4, -0.2) is 15.9 Å².